The summed E-state index contributed by atoms with van der Waals surface area (Å²) in [5.41, 5.74) is 10.3. The molecule has 1 aliphatic rings. The second-order valence-corrected chi connectivity index (χ2v) is 11.9. The minimum atomic E-state index is -0.366. The number of hydrogen-bond acceptors (Lipinski definition) is 1. The third-order valence-corrected chi connectivity index (χ3v) is 8.50. The van der Waals surface area contributed by atoms with Crippen LogP contribution in [0.4, 0.5) is 8.78 Å². The topological polar surface area (TPSA) is 3.24 Å². The van der Waals surface area contributed by atoms with Gasteiger partial charge in [-0.1, -0.05) is 51.5 Å². The maximum atomic E-state index is 16.6. The Bertz CT molecular complexity index is 1260. The molecule has 0 radical (unpaired) electrons. The van der Waals surface area contributed by atoms with Gasteiger partial charge >= 0.3 is 0 Å². The molecule has 2 aromatic rings. The molecule has 2 atom stereocenters. The zero-order valence-electron chi connectivity index (χ0n) is 27.2. The van der Waals surface area contributed by atoms with Gasteiger partial charge in [-0.3, -0.25) is 0 Å². The Labute approximate surface area is 244 Å². The van der Waals surface area contributed by atoms with E-state index in [4.69, 9.17) is 0 Å². The van der Waals surface area contributed by atoms with Gasteiger partial charge in [-0.05, 0) is 126 Å². The Morgan fingerprint density at radius 1 is 0.800 bits per heavy atom. The van der Waals surface area contributed by atoms with E-state index in [1.54, 1.807) is 6.07 Å². The first-order valence-corrected chi connectivity index (χ1v) is 15.2. The number of nitrogens with zero attached hydrogens (tertiary/aromatic N) is 1. The summed E-state index contributed by atoms with van der Waals surface area (Å²) in [6.45, 7) is 30.6. The molecule has 0 bridgehead atoms. The number of aryl methyl sites for hydroxylation is 1. The maximum absolute atomic E-state index is 16.6. The summed E-state index contributed by atoms with van der Waals surface area (Å²) in [7, 11) is 0. The van der Waals surface area contributed by atoms with E-state index in [1.807, 2.05) is 48.5 Å². The molecule has 0 N–H and O–H groups in total. The molecule has 0 spiro atoms. The quantitative estimate of drug-likeness (QED) is 0.296. The monoisotopic (exact) mass is 549 g/mol. The third-order valence-electron chi connectivity index (χ3n) is 8.50. The molecule has 0 aliphatic carbocycles. The van der Waals surface area contributed by atoms with Crippen molar-refractivity contribution in [2.45, 2.75) is 127 Å². The maximum Gasteiger partial charge on any atom is 0.135 e. The van der Waals surface area contributed by atoms with Crippen LogP contribution in [0.25, 0.3) is 22.4 Å². The fourth-order valence-electron chi connectivity index (χ4n) is 6.38. The van der Waals surface area contributed by atoms with E-state index in [1.165, 1.54) is 11.6 Å². The molecule has 3 rings (SSSR count). The molecule has 1 aliphatic heterocycles. The lowest BCUT2D eigenvalue weighted by molar-refractivity contribution is 0.283. The second kappa shape index (κ2) is 14.3. The van der Waals surface area contributed by atoms with Crippen molar-refractivity contribution in [3.8, 4) is 11.1 Å². The van der Waals surface area contributed by atoms with E-state index in [-0.39, 0.29) is 11.6 Å². The van der Waals surface area contributed by atoms with Gasteiger partial charge in [0.2, 0.25) is 0 Å². The van der Waals surface area contributed by atoms with Crippen molar-refractivity contribution in [1.29, 1.82) is 0 Å². The summed E-state index contributed by atoms with van der Waals surface area (Å²) in [6, 6.07) is 4.15. The molecule has 40 heavy (non-hydrogen) atoms. The minimum Gasteiger partial charge on any atom is -0.366 e. The summed E-state index contributed by atoms with van der Waals surface area (Å²) in [4.78, 5) is 2.46. The fraction of sp³-hybridized carbons (Fsp3) is 0.514. The summed E-state index contributed by atoms with van der Waals surface area (Å²) in [5.74, 6) is -0.678. The van der Waals surface area contributed by atoms with Crippen LogP contribution in [0.3, 0.4) is 0 Å². The fourth-order valence-corrected chi connectivity index (χ4v) is 6.38. The van der Waals surface area contributed by atoms with Crippen molar-refractivity contribution < 1.29 is 8.78 Å². The van der Waals surface area contributed by atoms with E-state index in [0.717, 1.165) is 76.8 Å². The molecule has 0 aromatic heterocycles. The van der Waals surface area contributed by atoms with Crippen molar-refractivity contribution >= 4 is 11.3 Å². The molecule has 1 heterocycles. The highest BCUT2D eigenvalue weighted by Gasteiger charge is 2.35. The second-order valence-electron chi connectivity index (χ2n) is 11.9. The standard InChI is InChI=1S/C33H45F2N.C4H8/c1-11-24-16-17-25(12-2)36(24)23(10)30-22(9)33(35)31(27(14-4)26(30)13-3)32-28(34)18-15-20(7)29(32)21(8)19(5)6;1-4(2)3/h15,18,24-25H,10-14,16-17H2,1-9H3;1H2,2-3H3. The first-order valence-electron chi connectivity index (χ1n) is 15.2. The lowest BCUT2D eigenvalue weighted by Crippen LogP contribution is -2.34. The summed E-state index contributed by atoms with van der Waals surface area (Å²) < 4.78 is 32.3. The molecular weight excluding hydrogens is 496 g/mol. The molecule has 3 heteroatoms. The molecule has 2 unspecified atom stereocenters. The number of hydrogen-bond donors (Lipinski definition) is 0. The Hall–Kier alpha value is -2.68. The van der Waals surface area contributed by atoms with Crippen LogP contribution < -0.4 is 0 Å². The van der Waals surface area contributed by atoms with Gasteiger partial charge in [-0.2, -0.15) is 0 Å². The Morgan fingerprint density at radius 3 is 1.73 bits per heavy atom. The SMILES string of the molecule is C=C(C)C.C=C(c1c(C)c(F)c(-c2c(F)ccc(C)c2C(C)=C(C)C)c(CC)c1CC)N1C(CC)CCC1CC. The van der Waals surface area contributed by atoms with Crippen LogP contribution in [0.2, 0.25) is 0 Å². The van der Waals surface area contributed by atoms with Crippen LogP contribution >= 0.6 is 0 Å². The van der Waals surface area contributed by atoms with Crippen LogP contribution in [-0.4, -0.2) is 17.0 Å². The largest absolute Gasteiger partial charge is 0.366 e. The molecule has 220 valence electrons. The molecule has 0 saturated carbocycles. The number of halogens is 2. The molecule has 1 fully saturated rings. The molecular formula is C37H53F2N. The smallest absolute Gasteiger partial charge is 0.135 e. The lowest BCUT2D eigenvalue weighted by atomic mass is 9.81. The average Bonchev–Trinajstić information content (AvgIpc) is 3.33. The van der Waals surface area contributed by atoms with Gasteiger partial charge < -0.3 is 4.90 Å². The van der Waals surface area contributed by atoms with Crippen molar-refractivity contribution in [3.63, 3.8) is 0 Å². The van der Waals surface area contributed by atoms with Gasteiger partial charge in [0, 0.05) is 34.5 Å². The molecule has 1 nitrogen and oxygen atoms in total. The zero-order valence-corrected chi connectivity index (χ0v) is 27.2. The summed E-state index contributed by atoms with van der Waals surface area (Å²) in [6.07, 6.45) is 5.78. The highest BCUT2D eigenvalue weighted by molar-refractivity contribution is 5.88. The van der Waals surface area contributed by atoms with E-state index in [0.29, 0.717) is 35.2 Å². The average molecular weight is 550 g/mol. The third kappa shape index (κ3) is 6.61. The number of allylic oxidation sites excluding steroid dienone is 3. The van der Waals surface area contributed by atoms with E-state index < -0.39 is 0 Å². The van der Waals surface area contributed by atoms with Gasteiger partial charge in [0.1, 0.15) is 11.6 Å². The van der Waals surface area contributed by atoms with Crippen molar-refractivity contribution in [1.82, 2.24) is 4.90 Å². The van der Waals surface area contributed by atoms with Gasteiger partial charge in [0.05, 0.1) is 0 Å². The summed E-state index contributed by atoms with van der Waals surface area (Å²) >= 11 is 0. The van der Waals surface area contributed by atoms with Crippen LogP contribution in [-0.2, 0) is 12.8 Å². The highest BCUT2D eigenvalue weighted by atomic mass is 19.1. The Morgan fingerprint density at radius 2 is 1.30 bits per heavy atom. The van der Waals surface area contributed by atoms with E-state index >= 15 is 8.78 Å². The number of likely N-dealkylation sites (tertiary alicyclic amines) is 1. The van der Waals surface area contributed by atoms with Crippen LogP contribution in [0.5, 0.6) is 0 Å². The van der Waals surface area contributed by atoms with Gasteiger partial charge in [0.15, 0.2) is 0 Å². The van der Waals surface area contributed by atoms with Crippen molar-refractivity contribution in [3.05, 3.63) is 81.5 Å². The number of rotatable bonds is 8. The zero-order chi connectivity index (χ0) is 30.5. The molecule has 2 aromatic carbocycles. The normalized spacial score (nSPS) is 16.5. The van der Waals surface area contributed by atoms with Gasteiger partial charge in [-0.15, -0.1) is 6.58 Å². The predicted molar refractivity (Wildman–Crippen MR) is 173 cm³/mol. The van der Waals surface area contributed by atoms with Gasteiger partial charge in [0.25, 0.3) is 0 Å². The van der Waals surface area contributed by atoms with Crippen molar-refractivity contribution in [2.75, 3.05) is 0 Å². The van der Waals surface area contributed by atoms with Crippen LogP contribution in [0.1, 0.15) is 121 Å². The Balaban J connectivity index is 0.00000131. The van der Waals surface area contributed by atoms with E-state index in [9.17, 15) is 0 Å². The first-order chi connectivity index (χ1) is 18.8. The number of benzene rings is 2. The van der Waals surface area contributed by atoms with Crippen molar-refractivity contribution in [2.24, 2.45) is 0 Å². The minimum absolute atomic E-state index is 0.312. The lowest BCUT2D eigenvalue weighted by Gasteiger charge is -2.36. The summed E-state index contributed by atoms with van der Waals surface area (Å²) in [5, 5.41) is 0. The Kier molecular flexibility index (Phi) is 12.0. The predicted octanol–water partition coefficient (Wildman–Crippen LogP) is 11.4. The highest BCUT2D eigenvalue weighted by Crippen LogP contribution is 2.45. The van der Waals surface area contributed by atoms with Gasteiger partial charge in [-0.25, -0.2) is 8.78 Å². The van der Waals surface area contributed by atoms with Crippen LogP contribution in [0.15, 0.2) is 36.4 Å². The van der Waals surface area contributed by atoms with Crippen LogP contribution in [0, 0.1) is 25.5 Å². The first kappa shape index (κ1) is 33.5. The molecule has 1 saturated heterocycles. The molecule has 0 amide bonds. The van der Waals surface area contributed by atoms with E-state index in [2.05, 4.69) is 45.8 Å².